The van der Waals surface area contributed by atoms with Crippen molar-refractivity contribution < 1.29 is 29.3 Å². The topological polar surface area (TPSA) is 140 Å². The molecule has 1 aromatic heterocycles. The molecule has 0 bridgehead atoms. The number of carbonyl (C=O) groups is 2. The maximum Gasteiger partial charge on any atom is 0.351 e. The number of hydrogen-bond donors (Lipinski definition) is 3. The van der Waals surface area contributed by atoms with Gasteiger partial charge < -0.3 is 25.0 Å². The van der Waals surface area contributed by atoms with E-state index in [1.54, 1.807) is 0 Å². The molecule has 1 saturated heterocycles. The molecule has 1 aromatic rings. The normalized spacial score (nSPS) is 23.6. The lowest BCUT2D eigenvalue weighted by Gasteiger charge is -2.16. The summed E-state index contributed by atoms with van der Waals surface area (Å²) in [6, 6.07) is 0. The van der Waals surface area contributed by atoms with Gasteiger partial charge in [-0.05, 0) is 0 Å². The van der Waals surface area contributed by atoms with Crippen LogP contribution in [-0.2, 0) is 14.3 Å². The zero-order valence-electron chi connectivity index (χ0n) is 12.6. The van der Waals surface area contributed by atoms with E-state index in [1.807, 2.05) is 0 Å². The number of ether oxygens (including phenoxy) is 2. The molecule has 1 aliphatic heterocycles. The van der Waals surface area contributed by atoms with Crippen LogP contribution < -0.4 is 11.0 Å². The fraction of sp³-hybridized carbons (Fsp3) is 0.538. The minimum atomic E-state index is -0.950. The monoisotopic (exact) mass is 327 g/mol. The second-order valence-electron chi connectivity index (χ2n) is 4.98. The molecule has 1 amide bonds. The molecule has 3 N–H and O–H groups in total. The molecule has 0 aliphatic carbocycles. The Balaban J connectivity index is 2.44. The van der Waals surface area contributed by atoms with Crippen LogP contribution in [0.5, 0.6) is 0 Å². The number of anilines is 1. The van der Waals surface area contributed by atoms with Gasteiger partial charge in [-0.2, -0.15) is 4.98 Å². The lowest BCUT2D eigenvalue weighted by Crippen LogP contribution is -2.30. The van der Waals surface area contributed by atoms with Crippen LogP contribution in [0, 0.1) is 0 Å². The van der Waals surface area contributed by atoms with Gasteiger partial charge in [-0.15, -0.1) is 0 Å². The van der Waals surface area contributed by atoms with Crippen LogP contribution in [0.15, 0.2) is 11.0 Å². The predicted octanol–water partition coefficient (Wildman–Crippen LogP) is -1.37. The minimum absolute atomic E-state index is 0.0485. The molecule has 1 fully saturated rings. The molecule has 0 unspecified atom stereocenters. The van der Waals surface area contributed by atoms with Gasteiger partial charge in [-0.3, -0.25) is 9.36 Å². The molecular formula is C13H17N3O7. The van der Waals surface area contributed by atoms with Gasteiger partial charge in [0, 0.05) is 19.5 Å². The van der Waals surface area contributed by atoms with Crippen molar-refractivity contribution in [3.8, 4) is 0 Å². The molecule has 0 aromatic carbocycles. The van der Waals surface area contributed by atoms with Crippen LogP contribution >= 0.6 is 0 Å². The van der Waals surface area contributed by atoms with E-state index in [-0.39, 0.29) is 17.8 Å². The standard InChI is InChI=1S/C13H17N3O7/c1-6(18)14-11-7(12(20)22-2)4-16(13(21)15-11)10-3-8(19)9(5-17)23-10/h4,8-10,17,19H,3,5H2,1-2H3,(H,14,15,18,21)/t8-,9+,10+/m0/s1. The van der Waals surface area contributed by atoms with Crippen molar-refractivity contribution in [2.45, 2.75) is 31.8 Å². The Labute approximate surface area is 130 Å². The number of nitrogens with zero attached hydrogens (tertiary/aromatic N) is 2. The van der Waals surface area contributed by atoms with Crippen molar-refractivity contribution in [1.29, 1.82) is 0 Å². The third-order valence-electron chi connectivity index (χ3n) is 3.35. The first kappa shape index (κ1) is 17.1. The largest absolute Gasteiger partial charge is 0.465 e. The molecule has 2 heterocycles. The molecule has 3 atom stereocenters. The summed E-state index contributed by atoms with van der Waals surface area (Å²) >= 11 is 0. The fourth-order valence-electron chi connectivity index (χ4n) is 2.25. The number of esters is 1. The smallest absolute Gasteiger partial charge is 0.351 e. The van der Waals surface area contributed by atoms with E-state index in [2.05, 4.69) is 15.0 Å². The fourth-order valence-corrected chi connectivity index (χ4v) is 2.25. The molecule has 0 spiro atoms. The third kappa shape index (κ3) is 3.55. The quantitative estimate of drug-likeness (QED) is 0.575. The van der Waals surface area contributed by atoms with Crippen molar-refractivity contribution >= 4 is 17.7 Å². The van der Waals surface area contributed by atoms with Crippen LogP contribution in [0.3, 0.4) is 0 Å². The number of hydrogen-bond acceptors (Lipinski definition) is 8. The van der Waals surface area contributed by atoms with Crippen LogP contribution in [0.1, 0.15) is 29.9 Å². The number of nitrogens with one attached hydrogen (secondary N) is 1. The van der Waals surface area contributed by atoms with E-state index in [1.165, 1.54) is 6.92 Å². The van der Waals surface area contributed by atoms with Crippen LogP contribution in [0.2, 0.25) is 0 Å². The van der Waals surface area contributed by atoms with Gasteiger partial charge in [0.1, 0.15) is 17.9 Å². The Morgan fingerprint density at radius 1 is 1.57 bits per heavy atom. The Hall–Kier alpha value is -2.30. The highest BCUT2D eigenvalue weighted by molar-refractivity contribution is 5.99. The average Bonchev–Trinajstić information content (AvgIpc) is 2.87. The molecule has 10 nitrogen and oxygen atoms in total. The van der Waals surface area contributed by atoms with Gasteiger partial charge >= 0.3 is 11.7 Å². The van der Waals surface area contributed by atoms with Crippen LogP contribution in [0.25, 0.3) is 0 Å². The Bertz CT molecular complexity index is 672. The summed E-state index contributed by atoms with van der Waals surface area (Å²) in [6.45, 7) is 0.796. The number of aliphatic hydroxyl groups is 2. The summed E-state index contributed by atoms with van der Waals surface area (Å²) in [5.41, 5.74) is -0.912. The highest BCUT2D eigenvalue weighted by Crippen LogP contribution is 2.28. The van der Waals surface area contributed by atoms with Gasteiger partial charge in [0.15, 0.2) is 5.82 Å². The van der Waals surface area contributed by atoms with E-state index >= 15 is 0 Å². The molecule has 0 radical (unpaired) electrons. The molecule has 126 valence electrons. The van der Waals surface area contributed by atoms with Crippen molar-refractivity contribution in [2.24, 2.45) is 0 Å². The number of methoxy groups -OCH3 is 1. The molecule has 2 rings (SSSR count). The summed E-state index contributed by atoms with van der Waals surface area (Å²) in [6.07, 6.45) is -1.48. The van der Waals surface area contributed by atoms with E-state index in [4.69, 9.17) is 9.84 Å². The van der Waals surface area contributed by atoms with Crippen molar-refractivity contribution in [1.82, 2.24) is 9.55 Å². The maximum atomic E-state index is 12.1. The number of amides is 1. The van der Waals surface area contributed by atoms with E-state index < -0.39 is 42.6 Å². The van der Waals surface area contributed by atoms with Crippen molar-refractivity contribution in [2.75, 3.05) is 19.0 Å². The second kappa shape index (κ2) is 6.86. The van der Waals surface area contributed by atoms with Gasteiger partial charge in [0.25, 0.3) is 0 Å². The highest BCUT2D eigenvalue weighted by Gasteiger charge is 2.35. The average molecular weight is 327 g/mol. The number of aliphatic hydroxyl groups excluding tert-OH is 2. The first-order valence-electron chi connectivity index (χ1n) is 6.80. The number of carbonyl (C=O) groups excluding carboxylic acids is 2. The third-order valence-corrected chi connectivity index (χ3v) is 3.35. The summed E-state index contributed by atoms with van der Waals surface area (Å²) < 4.78 is 11.0. The lowest BCUT2D eigenvalue weighted by molar-refractivity contribution is -0.114. The first-order chi connectivity index (χ1) is 10.9. The van der Waals surface area contributed by atoms with E-state index in [9.17, 15) is 19.5 Å². The molecular weight excluding hydrogens is 310 g/mol. The predicted molar refractivity (Wildman–Crippen MR) is 75.8 cm³/mol. The summed E-state index contributed by atoms with van der Waals surface area (Å²) in [7, 11) is 1.15. The van der Waals surface area contributed by atoms with Gasteiger partial charge in [-0.1, -0.05) is 0 Å². The molecule has 1 aliphatic rings. The van der Waals surface area contributed by atoms with E-state index in [0.29, 0.717) is 0 Å². The molecule has 0 saturated carbocycles. The summed E-state index contributed by atoms with van der Waals surface area (Å²) in [5.74, 6) is -1.53. The van der Waals surface area contributed by atoms with Gasteiger partial charge in [0.05, 0.1) is 19.8 Å². The van der Waals surface area contributed by atoms with E-state index in [0.717, 1.165) is 17.9 Å². The number of rotatable bonds is 4. The first-order valence-corrected chi connectivity index (χ1v) is 6.80. The zero-order valence-corrected chi connectivity index (χ0v) is 12.6. The highest BCUT2D eigenvalue weighted by atomic mass is 16.5. The Morgan fingerprint density at radius 2 is 2.26 bits per heavy atom. The zero-order chi connectivity index (χ0) is 17.1. The maximum absolute atomic E-state index is 12.1. The second-order valence-corrected chi connectivity index (χ2v) is 4.98. The van der Waals surface area contributed by atoms with Crippen LogP contribution in [0.4, 0.5) is 5.82 Å². The summed E-state index contributed by atoms with van der Waals surface area (Å²) in [4.78, 5) is 38.7. The lowest BCUT2D eigenvalue weighted by atomic mass is 10.2. The molecule has 10 heteroatoms. The molecule has 23 heavy (non-hydrogen) atoms. The van der Waals surface area contributed by atoms with Gasteiger partial charge in [-0.25, -0.2) is 9.59 Å². The summed E-state index contributed by atoms with van der Waals surface area (Å²) in [5, 5.41) is 21.1. The van der Waals surface area contributed by atoms with Crippen molar-refractivity contribution in [3.05, 3.63) is 22.2 Å². The van der Waals surface area contributed by atoms with Crippen molar-refractivity contribution in [3.63, 3.8) is 0 Å². The number of aromatic nitrogens is 2. The Kier molecular flexibility index (Phi) is 5.08. The van der Waals surface area contributed by atoms with Crippen LogP contribution in [-0.4, -0.2) is 57.6 Å². The Morgan fingerprint density at radius 3 is 2.78 bits per heavy atom. The minimum Gasteiger partial charge on any atom is -0.465 e. The SMILES string of the molecule is COC(=O)c1cn([C@H]2C[C@H](O)[C@@H](CO)O2)c(=O)nc1NC(C)=O. The van der Waals surface area contributed by atoms with Gasteiger partial charge in [0.2, 0.25) is 5.91 Å².